The first-order chi connectivity index (χ1) is 9.53. The highest BCUT2D eigenvalue weighted by Crippen LogP contribution is 2.40. The first-order valence-corrected chi connectivity index (χ1v) is 7.85. The van der Waals surface area contributed by atoms with Gasteiger partial charge in [0.2, 0.25) is 0 Å². The van der Waals surface area contributed by atoms with E-state index in [4.69, 9.17) is 20.1 Å². The van der Waals surface area contributed by atoms with Crippen molar-refractivity contribution in [3.05, 3.63) is 0 Å². The zero-order valence-electron chi connectivity index (χ0n) is 13.1. The van der Waals surface area contributed by atoms with Gasteiger partial charge in [-0.2, -0.15) is 0 Å². The minimum absolute atomic E-state index is 0.00143. The molecule has 2 atom stereocenters. The summed E-state index contributed by atoms with van der Waals surface area (Å²) in [4.78, 5) is 0. The van der Waals surface area contributed by atoms with Crippen LogP contribution >= 0.6 is 0 Å². The minimum Gasteiger partial charge on any atom is -0.381 e. The van der Waals surface area contributed by atoms with Crippen molar-refractivity contribution in [1.82, 2.24) is 5.43 Å². The lowest BCUT2D eigenvalue weighted by Gasteiger charge is -2.48. The maximum Gasteiger partial charge on any atom is 0.0794 e. The molecule has 20 heavy (non-hydrogen) atoms. The highest BCUT2D eigenvalue weighted by atomic mass is 16.5. The Bertz CT molecular complexity index is 298. The lowest BCUT2D eigenvalue weighted by Crippen LogP contribution is -2.59. The summed E-state index contributed by atoms with van der Waals surface area (Å²) in [7, 11) is 0. The highest BCUT2D eigenvalue weighted by Gasteiger charge is 2.44. The molecule has 0 radical (unpaired) electrons. The van der Waals surface area contributed by atoms with E-state index < -0.39 is 0 Å². The van der Waals surface area contributed by atoms with Crippen LogP contribution in [0.15, 0.2) is 0 Å². The van der Waals surface area contributed by atoms with E-state index in [9.17, 15) is 0 Å². The largest absolute Gasteiger partial charge is 0.381 e. The number of nitrogens with two attached hydrogens (primary N) is 1. The minimum atomic E-state index is -0.266. The Morgan fingerprint density at radius 3 is 2.65 bits per heavy atom. The van der Waals surface area contributed by atoms with E-state index in [1.165, 1.54) is 0 Å². The van der Waals surface area contributed by atoms with Crippen molar-refractivity contribution < 1.29 is 14.2 Å². The SMILES string of the molecule is CCOC(C)(C)C(NN)C1CCOC2(CCOCC2)C1. The van der Waals surface area contributed by atoms with Gasteiger partial charge in [-0.3, -0.25) is 11.3 Å². The lowest BCUT2D eigenvalue weighted by atomic mass is 9.74. The number of hydrazine groups is 1. The van der Waals surface area contributed by atoms with Gasteiger partial charge in [-0.25, -0.2) is 0 Å². The molecular weight excluding hydrogens is 256 g/mol. The zero-order valence-corrected chi connectivity index (χ0v) is 13.1. The Kier molecular flexibility index (Phi) is 5.42. The Morgan fingerprint density at radius 1 is 1.35 bits per heavy atom. The maximum absolute atomic E-state index is 6.11. The molecule has 2 aliphatic heterocycles. The predicted octanol–water partition coefficient (Wildman–Crippen LogP) is 1.61. The summed E-state index contributed by atoms with van der Waals surface area (Å²) in [6.07, 6.45) is 4.07. The first kappa shape index (κ1) is 16.2. The van der Waals surface area contributed by atoms with E-state index >= 15 is 0 Å². The fourth-order valence-electron chi connectivity index (χ4n) is 3.81. The molecular formula is C15H30N2O3. The second-order valence-corrected chi connectivity index (χ2v) is 6.58. The van der Waals surface area contributed by atoms with Gasteiger partial charge in [0.1, 0.15) is 0 Å². The number of ether oxygens (including phenoxy) is 3. The fourth-order valence-corrected chi connectivity index (χ4v) is 3.81. The van der Waals surface area contributed by atoms with Crippen LogP contribution in [-0.2, 0) is 14.2 Å². The van der Waals surface area contributed by atoms with Gasteiger partial charge in [-0.05, 0) is 52.4 Å². The second kappa shape index (κ2) is 6.71. The van der Waals surface area contributed by atoms with Crippen molar-refractivity contribution in [2.75, 3.05) is 26.4 Å². The maximum atomic E-state index is 6.11. The predicted molar refractivity (Wildman–Crippen MR) is 78.3 cm³/mol. The second-order valence-electron chi connectivity index (χ2n) is 6.58. The van der Waals surface area contributed by atoms with Crippen LogP contribution in [0.4, 0.5) is 0 Å². The zero-order chi connectivity index (χ0) is 14.6. The summed E-state index contributed by atoms with van der Waals surface area (Å²) >= 11 is 0. The molecule has 0 bridgehead atoms. The van der Waals surface area contributed by atoms with Gasteiger partial charge in [-0.15, -0.1) is 0 Å². The molecule has 2 aliphatic rings. The molecule has 2 heterocycles. The van der Waals surface area contributed by atoms with Crippen LogP contribution < -0.4 is 11.3 Å². The van der Waals surface area contributed by atoms with E-state index in [0.29, 0.717) is 12.5 Å². The molecule has 0 aromatic heterocycles. The van der Waals surface area contributed by atoms with E-state index in [2.05, 4.69) is 19.3 Å². The molecule has 0 aromatic rings. The summed E-state index contributed by atoms with van der Waals surface area (Å²) < 4.78 is 17.5. The normalized spacial score (nSPS) is 28.5. The van der Waals surface area contributed by atoms with Crippen molar-refractivity contribution in [3.63, 3.8) is 0 Å². The molecule has 118 valence electrons. The molecule has 2 unspecified atom stereocenters. The van der Waals surface area contributed by atoms with Crippen LogP contribution in [0.2, 0.25) is 0 Å². The molecule has 5 nitrogen and oxygen atoms in total. The molecule has 2 saturated heterocycles. The van der Waals surface area contributed by atoms with Gasteiger partial charge >= 0.3 is 0 Å². The number of nitrogens with one attached hydrogen (secondary N) is 1. The van der Waals surface area contributed by atoms with Crippen molar-refractivity contribution in [3.8, 4) is 0 Å². The third-order valence-corrected chi connectivity index (χ3v) is 4.85. The summed E-state index contributed by atoms with van der Waals surface area (Å²) in [5.74, 6) is 6.32. The average molecular weight is 286 g/mol. The summed E-state index contributed by atoms with van der Waals surface area (Å²) in [5.41, 5.74) is 2.74. The molecule has 5 heteroatoms. The van der Waals surface area contributed by atoms with Crippen LogP contribution in [0.1, 0.15) is 46.5 Å². The number of rotatable bonds is 5. The quantitative estimate of drug-likeness (QED) is 0.594. The topological polar surface area (TPSA) is 65.7 Å². The average Bonchev–Trinajstić information content (AvgIpc) is 2.40. The highest BCUT2D eigenvalue weighted by molar-refractivity contribution is 4.97. The van der Waals surface area contributed by atoms with Crippen LogP contribution in [0.25, 0.3) is 0 Å². The Labute approximate surface area is 122 Å². The smallest absolute Gasteiger partial charge is 0.0794 e. The van der Waals surface area contributed by atoms with Gasteiger partial charge in [-0.1, -0.05) is 0 Å². The Hall–Kier alpha value is -0.200. The summed E-state index contributed by atoms with van der Waals surface area (Å²) in [6, 6.07) is 0.145. The van der Waals surface area contributed by atoms with Crippen molar-refractivity contribution in [2.24, 2.45) is 11.8 Å². The van der Waals surface area contributed by atoms with Crippen LogP contribution in [0, 0.1) is 5.92 Å². The van der Waals surface area contributed by atoms with Crippen molar-refractivity contribution in [2.45, 2.75) is 63.7 Å². The molecule has 0 saturated carbocycles. The van der Waals surface area contributed by atoms with Crippen molar-refractivity contribution in [1.29, 1.82) is 0 Å². The molecule has 2 fully saturated rings. The number of hydrogen-bond acceptors (Lipinski definition) is 5. The van der Waals surface area contributed by atoms with Crippen LogP contribution in [0.5, 0.6) is 0 Å². The fraction of sp³-hybridized carbons (Fsp3) is 1.00. The Morgan fingerprint density at radius 2 is 2.05 bits per heavy atom. The van der Waals surface area contributed by atoms with Gasteiger partial charge in [0.05, 0.1) is 17.2 Å². The van der Waals surface area contributed by atoms with Gasteiger partial charge in [0, 0.05) is 26.4 Å². The molecule has 0 aliphatic carbocycles. The van der Waals surface area contributed by atoms with Gasteiger partial charge in [0.15, 0.2) is 0 Å². The van der Waals surface area contributed by atoms with Gasteiger partial charge < -0.3 is 14.2 Å². The molecule has 3 N–H and O–H groups in total. The van der Waals surface area contributed by atoms with E-state index in [0.717, 1.165) is 45.5 Å². The summed E-state index contributed by atoms with van der Waals surface area (Å²) in [6.45, 7) is 9.39. The lowest BCUT2D eigenvalue weighted by molar-refractivity contribution is -0.161. The standard InChI is InChI=1S/C15H30N2O3/c1-4-19-14(2,3)13(17-16)12-5-8-20-15(11-12)6-9-18-10-7-15/h12-13,17H,4-11,16H2,1-3H3. The third kappa shape index (κ3) is 3.52. The van der Waals surface area contributed by atoms with E-state index in [-0.39, 0.29) is 17.2 Å². The molecule has 0 amide bonds. The molecule has 0 aromatic carbocycles. The van der Waals surface area contributed by atoms with Crippen LogP contribution in [0.3, 0.4) is 0 Å². The summed E-state index contributed by atoms with van der Waals surface area (Å²) in [5, 5.41) is 0. The van der Waals surface area contributed by atoms with Crippen LogP contribution in [-0.4, -0.2) is 43.7 Å². The molecule has 1 spiro atoms. The monoisotopic (exact) mass is 286 g/mol. The third-order valence-electron chi connectivity index (χ3n) is 4.85. The van der Waals surface area contributed by atoms with E-state index in [1.54, 1.807) is 0 Å². The van der Waals surface area contributed by atoms with E-state index in [1.807, 2.05) is 6.92 Å². The Balaban J connectivity index is 2.06. The first-order valence-electron chi connectivity index (χ1n) is 7.85. The molecule has 2 rings (SSSR count). The van der Waals surface area contributed by atoms with Gasteiger partial charge in [0.25, 0.3) is 0 Å². The number of hydrogen-bond donors (Lipinski definition) is 2. The van der Waals surface area contributed by atoms with Crippen molar-refractivity contribution >= 4 is 0 Å².